The predicted molar refractivity (Wildman–Crippen MR) is 120 cm³/mol. The van der Waals surface area contributed by atoms with Gasteiger partial charge in [0.2, 0.25) is 5.75 Å². The number of amides is 2. The van der Waals surface area contributed by atoms with Crippen molar-refractivity contribution in [3.8, 4) is 17.2 Å². The lowest BCUT2D eigenvalue weighted by Gasteiger charge is -2.30. The molecular weight excluding hydrogens is 412 g/mol. The molecule has 0 bridgehead atoms. The molecule has 0 spiro atoms. The minimum Gasteiger partial charge on any atom is -0.493 e. The fraction of sp³-hybridized carbons (Fsp3) is 0.333. The van der Waals surface area contributed by atoms with Crippen molar-refractivity contribution >= 4 is 17.7 Å². The van der Waals surface area contributed by atoms with Gasteiger partial charge in [0.1, 0.15) is 0 Å². The van der Waals surface area contributed by atoms with Crippen LogP contribution in [0.2, 0.25) is 0 Å². The Morgan fingerprint density at radius 2 is 1.69 bits per heavy atom. The lowest BCUT2D eigenvalue weighted by molar-refractivity contribution is -0.143. The monoisotopic (exact) mass is 440 g/mol. The van der Waals surface area contributed by atoms with Gasteiger partial charge in [-0.25, -0.2) is 9.59 Å². The molecule has 0 saturated carbocycles. The van der Waals surface area contributed by atoms with Gasteiger partial charge in [0, 0.05) is 0 Å². The van der Waals surface area contributed by atoms with Gasteiger partial charge >= 0.3 is 12.0 Å². The zero-order chi connectivity index (χ0) is 23.3. The maximum absolute atomic E-state index is 13.2. The van der Waals surface area contributed by atoms with E-state index in [9.17, 15) is 9.59 Å². The topological polar surface area (TPSA) is 95.1 Å². The third kappa shape index (κ3) is 4.80. The molecule has 2 aromatic rings. The summed E-state index contributed by atoms with van der Waals surface area (Å²) in [5.41, 5.74) is 1.93. The zero-order valence-corrected chi connectivity index (χ0v) is 18.9. The summed E-state index contributed by atoms with van der Waals surface area (Å²) in [5, 5.41) is 5.60. The molecule has 1 aliphatic rings. The molecule has 170 valence electrons. The maximum Gasteiger partial charge on any atom is 0.338 e. The van der Waals surface area contributed by atoms with Crippen LogP contribution >= 0.6 is 0 Å². The molecule has 0 saturated heterocycles. The molecule has 2 amide bonds. The van der Waals surface area contributed by atoms with Crippen molar-refractivity contribution in [1.29, 1.82) is 0 Å². The molecule has 1 atom stereocenters. The summed E-state index contributed by atoms with van der Waals surface area (Å²) in [6, 6.07) is 11.4. The zero-order valence-electron chi connectivity index (χ0n) is 18.9. The van der Waals surface area contributed by atoms with E-state index in [1.807, 2.05) is 37.3 Å². The number of hydrogen-bond donors (Lipinski definition) is 2. The van der Waals surface area contributed by atoms with E-state index in [0.29, 0.717) is 40.7 Å². The molecule has 8 nitrogen and oxygen atoms in total. The minimum atomic E-state index is -0.802. The van der Waals surface area contributed by atoms with Crippen LogP contribution in [0.15, 0.2) is 48.0 Å². The number of carbonyl (C=O) groups excluding carboxylic acids is 2. The predicted octanol–water partition coefficient (Wildman–Crippen LogP) is 3.82. The van der Waals surface area contributed by atoms with E-state index in [2.05, 4.69) is 10.6 Å². The van der Waals surface area contributed by atoms with Crippen molar-refractivity contribution in [1.82, 2.24) is 10.6 Å². The second-order valence-electron chi connectivity index (χ2n) is 7.33. The van der Waals surface area contributed by atoms with E-state index >= 15 is 0 Å². The molecule has 0 aliphatic carbocycles. The number of hydrogen-bond acceptors (Lipinski definition) is 6. The van der Waals surface area contributed by atoms with Gasteiger partial charge in [-0.3, -0.25) is 0 Å². The Bertz CT molecular complexity index is 991. The van der Waals surface area contributed by atoms with Crippen LogP contribution in [0.3, 0.4) is 0 Å². The van der Waals surface area contributed by atoms with Crippen LogP contribution < -0.4 is 24.8 Å². The van der Waals surface area contributed by atoms with Gasteiger partial charge in [0.05, 0.1) is 44.2 Å². The molecule has 0 fully saturated rings. The van der Waals surface area contributed by atoms with Crippen molar-refractivity contribution in [2.45, 2.75) is 32.9 Å². The Labute approximate surface area is 187 Å². The highest BCUT2D eigenvalue weighted by Crippen LogP contribution is 2.42. The lowest BCUT2D eigenvalue weighted by atomic mass is 9.92. The fourth-order valence-electron chi connectivity index (χ4n) is 3.50. The van der Waals surface area contributed by atoms with Gasteiger partial charge in [-0.1, -0.05) is 30.3 Å². The fourth-order valence-corrected chi connectivity index (χ4v) is 3.50. The summed E-state index contributed by atoms with van der Waals surface area (Å²) in [7, 11) is 3.03. The normalized spacial score (nSPS) is 15.7. The summed E-state index contributed by atoms with van der Waals surface area (Å²) in [5.74, 6) is 0.752. The Kier molecular flexibility index (Phi) is 7.25. The first-order valence-electron chi connectivity index (χ1n) is 10.4. The Hall–Kier alpha value is -3.68. The van der Waals surface area contributed by atoms with E-state index in [-0.39, 0.29) is 11.7 Å². The van der Waals surface area contributed by atoms with Crippen molar-refractivity contribution in [3.63, 3.8) is 0 Å². The van der Waals surface area contributed by atoms with Crippen molar-refractivity contribution in [2.75, 3.05) is 20.8 Å². The number of nitrogens with one attached hydrogen (secondary N) is 2. The van der Waals surface area contributed by atoms with Crippen LogP contribution in [-0.2, 0) is 9.53 Å². The first-order valence-corrected chi connectivity index (χ1v) is 10.4. The van der Waals surface area contributed by atoms with Gasteiger partial charge in [-0.15, -0.1) is 0 Å². The van der Waals surface area contributed by atoms with E-state index in [0.717, 1.165) is 0 Å². The number of rotatable bonds is 8. The summed E-state index contributed by atoms with van der Waals surface area (Å²) in [6.45, 7) is 5.82. The number of carbonyl (C=O) groups is 2. The second kappa shape index (κ2) is 10.1. The van der Waals surface area contributed by atoms with E-state index in [4.69, 9.17) is 18.9 Å². The van der Waals surface area contributed by atoms with Gasteiger partial charge in [-0.05, 0) is 44.0 Å². The first kappa shape index (κ1) is 23.0. The highest BCUT2D eigenvalue weighted by Gasteiger charge is 2.36. The molecule has 2 N–H and O–H groups in total. The molecule has 1 unspecified atom stereocenters. The van der Waals surface area contributed by atoms with Crippen LogP contribution in [0.1, 0.15) is 37.9 Å². The standard InChI is InChI=1S/C24H28N2O6/c1-6-31-22-17(29-4)12-16(13-18(22)30-5)21-19(23(27)32-14(2)3)20(25-24(28)26-21)15-10-8-7-9-11-15/h7-14,21H,6H2,1-5H3,(H2,25,26,28). The summed E-state index contributed by atoms with van der Waals surface area (Å²) < 4.78 is 22.2. The molecule has 0 radical (unpaired) electrons. The summed E-state index contributed by atoms with van der Waals surface area (Å²) in [4.78, 5) is 25.8. The third-order valence-corrected chi connectivity index (χ3v) is 4.80. The van der Waals surface area contributed by atoms with Crippen LogP contribution in [-0.4, -0.2) is 38.9 Å². The lowest BCUT2D eigenvalue weighted by Crippen LogP contribution is -2.45. The van der Waals surface area contributed by atoms with E-state index in [1.165, 1.54) is 14.2 Å². The molecule has 32 heavy (non-hydrogen) atoms. The first-order chi connectivity index (χ1) is 15.4. The quantitative estimate of drug-likeness (QED) is 0.606. The number of esters is 1. The average Bonchev–Trinajstić information content (AvgIpc) is 2.78. The van der Waals surface area contributed by atoms with Crippen LogP contribution in [0.25, 0.3) is 5.70 Å². The molecule has 0 aromatic heterocycles. The Morgan fingerprint density at radius 1 is 1.06 bits per heavy atom. The van der Waals surface area contributed by atoms with Gasteiger partial charge in [0.25, 0.3) is 0 Å². The molecule has 1 aliphatic heterocycles. The average molecular weight is 440 g/mol. The molecule has 3 rings (SSSR count). The molecular formula is C24H28N2O6. The van der Waals surface area contributed by atoms with Crippen molar-refractivity contribution < 1.29 is 28.5 Å². The molecule has 2 aromatic carbocycles. The van der Waals surface area contributed by atoms with E-state index in [1.54, 1.807) is 26.0 Å². The maximum atomic E-state index is 13.2. The van der Waals surface area contributed by atoms with Crippen molar-refractivity contribution in [3.05, 3.63) is 59.2 Å². The number of methoxy groups -OCH3 is 2. The van der Waals surface area contributed by atoms with Crippen LogP contribution in [0.5, 0.6) is 17.2 Å². The minimum absolute atomic E-state index is 0.276. The van der Waals surface area contributed by atoms with E-state index < -0.39 is 18.0 Å². The molecule has 1 heterocycles. The third-order valence-electron chi connectivity index (χ3n) is 4.80. The molecule has 8 heteroatoms. The smallest absolute Gasteiger partial charge is 0.338 e. The SMILES string of the molecule is CCOc1c(OC)cc(C2NC(=O)NC(c3ccccc3)=C2C(=O)OC(C)C)cc1OC. The van der Waals surface area contributed by atoms with Crippen LogP contribution in [0, 0.1) is 0 Å². The van der Waals surface area contributed by atoms with Crippen molar-refractivity contribution in [2.24, 2.45) is 0 Å². The highest BCUT2D eigenvalue weighted by molar-refractivity contribution is 6.04. The van der Waals surface area contributed by atoms with Gasteiger partial charge < -0.3 is 29.6 Å². The summed E-state index contributed by atoms with van der Waals surface area (Å²) in [6.07, 6.45) is -0.338. The Balaban J connectivity index is 2.22. The largest absolute Gasteiger partial charge is 0.493 e. The second-order valence-corrected chi connectivity index (χ2v) is 7.33. The van der Waals surface area contributed by atoms with Gasteiger partial charge in [0.15, 0.2) is 11.5 Å². The number of benzene rings is 2. The highest BCUT2D eigenvalue weighted by atomic mass is 16.5. The summed E-state index contributed by atoms with van der Waals surface area (Å²) >= 11 is 0. The van der Waals surface area contributed by atoms with Crippen LogP contribution in [0.4, 0.5) is 4.79 Å². The number of urea groups is 1. The van der Waals surface area contributed by atoms with Gasteiger partial charge in [-0.2, -0.15) is 0 Å². The number of ether oxygens (including phenoxy) is 4. The Morgan fingerprint density at radius 3 is 2.22 bits per heavy atom.